The van der Waals surface area contributed by atoms with Crippen molar-refractivity contribution < 1.29 is 18.3 Å². The highest BCUT2D eigenvalue weighted by Crippen LogP contribution is 2.28. The molecule has 2 heterocycles. The number of aromatic carboxylic acids is 1. The molecule has 0 bridgehead atoms. The van der Waals surface area contributed by atoms with E-state index in [1.54, 1.807) is 13.0 Å². The summed E-state index contributed by atoms with van der Waals surface area (Å²) in [5.74, 6) is -1.17. The van der Waals surface area contributed by atoms with Gasteiger partial charge in [0.05, 0.1) is 21.5 Å². The third-order valence-corrected chi connectivity index (χ3v) is 5.59. The highest BCUT2D eigenvalue weighted by Gasteiger charge is 2.26. The van der Waals surface area contributed by atoms with E-state index in [4.69, 9.17) is 5.11 Å². The molecule has 0 radical (unpaired) electrons. The number of H-pyrrole nitrogens is 1. The van der Waals surface area contributed by atoms with Crippen molar-refractivity contribution in [2.75, 3.05) is 0 Å². The van der Waals surface area contributed by atoms with E-state index in [0.29, 0.717) is 11.1 Å². The van der Waals surface area contributed by atoms with Gasteiger partial charge < -0.3 is 9.67 Å². The third-order valence-electron chi connectivity index (χ3n) is 3.72. The lowest BCUT2D eigenvalue weighted by atomic mass is 10.3. The van der Waals surface area contributed by atoms with Crippen molar-refractivity contribution in [2.24, 2.45) is 7.05 Å². The average molecular weight is 319 g/mol. The number of nitrogens with zero attached hydrogens (tertiary/aromatic N) is 2. The molecule has 2 aromatic heterocycles. The Labute approximate surface area is 126 Å². The monoisotopic (exact) mass is 319 g/mol. The first-order valence-electron chi connectivity index (χ1n) is 6.40. The number of hydrogen-bond donors (Lipinski definition) is 2. The van der Waals surface area contributed by atoms with Gasteiger partial charge in [-0.1, -0.05) is 0 Å². The van der Waals surface area contributed by atoms with Crippen LogP contribution in [0.4, 0.5) is 0 Å². The fraction of sp³-hybridized carbons (Fsp3) is 0.143. The molecule has 2 N–H and O–H groups in total. The van der Waals surface area contributed by atoms with Crippen molar-refractivity contribution in [1.82, 2.24) is 14.8 Å². The van der Waals surface area contributed by atoms with Crippen LogP contribution >= 0.6 is 0 Å². The van der Waals surface area contributed by atoms with Crippen molar-refractivity contribution in [3.63, 3.8) is 0 Å². The fourth-order valence-corrected chi connectivity index (χ4v) is 3.94. The zero-order chi connectivity index (χ0) is 16.1. The van der Waals surface area contributed by atoms with Gasteiger partial charge in [-0.25, -0.2) is 13.2 Å². The van der Waals surface area contributed by atoms with Crippen LogP contribution in [0.1, 0.15) is 16.2 Å². The number of benzene rings is 1. The first-order chi connectivity index (χ1) is 10.3. The molecule has 0 unspecified atom stereocenters. The predicted molar refractivity (Wildman–Crippen MR) is 78.7 cm³/mol. The molecule has 7 nitrogen and oxygen atoms in total. The maximum Gasteiger partial charge on any atom is 0.352 e. The number of aromatic amines is 1. The molecule has 0 spiro atoms. The fourth-order valence-electron chi connectivity index (χ4n) is 2.36. The number of nitrogens with one attached hydrogen (secondary N) is 1. The number of rotatable bonds is 3. The van der Waals surface area contributed by atoms with E-state index >= 15 is 0 Å². The molecule has 1 aromatic carbocycles. The Morgan fingerprint density at radius 2 is 2.05 bits per heavy atom. The SMILES string of the molecule is Cc1c(S(=O)(=O)c2ccc3[nH]ncc3c2)cc(C(=O)O)n1C. The Morgan fingerprint density at radius 3 is 2.68 bits per heavy atom. The van der Waals surface area contributed by atoms with Crippen molar-refractivity contribution in [3.8, 4) is 0 Å². The second kappa shape index (κ2) is 4.70. The summed E-state index contributed by atoms with van der Waals surface area (Å²) in [5, 5.41) is 16.4. The molecule has 0 amide bonds. The molecule has 3 rings (SSSR count). The minimum absolute atomic E-state index is 0.00440. The minimum atomic E-state index is -3.80. The molecule has 0 atom stereocenters. The molecule has 0 aliphatic rings. The Hall–Kier alpha value is -2.61. The van der Waals surface area contributed by atoms with Crippen molar-refractivity contribution in [2.45, 2.75) is 16.7 Å². The number of carbonyl (C=O) groups is 1. The summed E-state index contributed by atoms with van der Waals surface area (Å²) in [7, 11) is -2.28. The van der Waals surface area contributed by atoms with Crippen molar-refractivity contribution in [1.29, 1.82) is 0 Å². The van der Waals surface area contributed by atoms with Gasteiger partial charge in [-0.05, 0) is 31.2 Å². The number of aromatic nitrogens is 3. The van der Waals surface area contributed by atoms with Crippen molar-refractivity contribution >= 4 is 26.7 Å². The number of carboxylic acids is 1. The lowest BCUT2D eigenvalue weighted by molar-refractivity contribution is 0.0686. The normalized spacial score (nSPS) is 11.9. The van der Waals surface area contributed by atoms with E-state index in [-0.39, 0.29) is 15.5 Å². The quantitative estimate of drug-likeness (QED) is 0.765. The van der Waals surface area contributed by atoms with Crippen LogP contribution in [0.5, 0.6) is 0 Å². The Bertz CT molecular complexity index is 998. The largest absolute Gasteiger partial charge is 0.477 e. The van der Waals surface area contributed by atoms with Gasteiger partial charge in [0, 0.05) is 18.1 Å². The highest BCUT2D eigenvalue weighted by atomic mass is 32.2. The van der Waals surface area contributed by atoms with Gasteiger partial charge in [0.2, 0.25) is 9.84 Å². The minimum Gasteiger partial charge on any atom is -0.477 e. The summed E-state index contributed by atoms with van der Waals surface area (Å²) < 4.78 is 26.9. The molecular weight excluding hydrogens is 306 g/mol. The van der Waals surface area contributed by atoms with Gasteiger partial charge in [0.15, 0.2) is 0 Å². The first-order valence-corrected chi connectivity index (χ1v) is 7.88. The smallest absolute Gasteiger partial charge is 0.352 e. The lowest BCUT2D eigenvalue weighted by Crippen LogP contribution is -2.05. The summed E-state index contributed by atoms with van der Waals surface area (Å²) in [6.07, 6.45) is 1.54. The summed E-state index contributed by atoms with van der Waals surface area (Å²) >= 11 is 0. The summed E-state index contributed by atoms with van der Waals surface area (Å²) in [4.78, 5) is 11.3. The van der Waals surface area contributed by atoms with Gasteiger partial charge >= 0.3 is 5.97 Å². The molecule has 0 aliphatic carbocycles. The van der Waals surface area contributed by atoms with E-state index in [9.17, 15) is 13.2 Å². The molecule has 22 heavy (non-hydrogen) atoms. The van der Waals surface area contributed by atoms with Gasteiger partial charge in [0.25, 0.3) is 0 Å². The predicted octanol–water partition coefficient (Wildman–Crippen LogP) is 1.74. The number of sulfone groups is 1. The Kier molecular flexibility index (Phi) is 3.06. The topological polar surface area (TPSA) is 105 Å². The second-order valence-corrected chi connectivity index (χ2v) is 6.88. The zero-order valence-corrected chi connectivity index (χ0v) is 12.7. The van der Waals surface area contributed by atoms with Crippen LogP contribution in [0.3, 0.4) is 0 Å². The molecule has 0 saturated carbocycles. The highest BCUT2D eigenvalue weighted by molar-refractivity contribution is 7.91. The van der Waals surface area contributed by atoms with E-state index in [0.717, 1.165) is 5.52 Å². The van der Waals surface area contributed by atoms with Crippen LogP contribution in [0.25, 0.3) is 10.9 Å². The molecule has 114 valence electrons. The first kappa shape index (κ1) is 14.3. The Balaban J connectivity index is 2.21. The lowest BCUT2D eigenvalue weighted by Gasteiger charge is -2.05. The number of fused-ring (bicyclic) bond motifs is 1. The van der Waals surface area contributed by atoms with E-state index in [2.05, 4.69) is 10.2 Å². The molecular formula is C14H13N3O4S. The van der Waals surface area contributed by atoms with E-state index in [1.807, 2.05) is 0 Å². The van der Waals surface area contributed by atoms with E-state index in [1.165, 1.54) is 36.0 Å². The van der Waals surface area contributed by atoms with Gasteiger partial charge in [-0.2, -0.15) is 5.10 Å². The molecule has 0 aliphatic heterocycles. The molecule has 0 fully saturated rings. The van der Waals surface area contributed by atoms with Crippen LogP contribution < -0.4 is 0 Å². The van der Waals surface area contributed by atoms with Crippen LogP contribution in [-0.4, -0.2) is 34.3 Å². The second-order valence-electron chi connectivity index (χ2n) is 4.97. The Morgan fingerprint density at radius 1 is 1.32 bits per heavy atom. The third kappa shape index (κ3) is 2.00. The number of carboxylic acid groups (broad SMARTS) is 1. The average Bonchev–Trinajstić information content (AvgIpc) is 3.04. The van der Waals surface area contributed by atoms with Crippen LogP contribution in [0.2, 0.25) is 0 Å². The van der Waals surface area contributed by atoms with Gasteiger partial charge in [0.1, 0.15) is 5.69 Å². The summed E-state index contributed by atoms with van der Waals surface area (Å²) in [6, 6.07) is 5.81. The van der Waals surface area contributed by atoms with E-state index < -0.39 is 15.8 Å². The standard InChI is InChI=1S/C14H13N3O4S/c1-8-13(6-12(14(18)19)17(8)2)22(20,21)10-3-4-11-9(5-10)7-15-16-11/h3-7H,1-2H3,(H,15,16)(H,18,19). The van der Waals surface area contributed by atoms with Crippen molar-refractivity contribution in [3.05, 3.63) is 41.9 Å². The van der Waals surface area contributed by atoms with Gasteiger partial charge in [-0.3, -0.25) is 5.10 Å². The summed E-state index contributed by atoms with van der Waals surface area (Å²) in [5.41, 5.74) is 1.04. The zero-order valence-electron chi connectivity index (χ0n) is 11.9. The molecule has 8 heteroatoms. The maximum absolute atomic E-state index is 12.8. The van der Waals surface area contributed by atoms with Crippen LogP contribution in [-0.2, 0) is 16.9 Å². The van der Waals surface area contributed by atoms with Gasteiger partial charge in [-0.15, -0.1) is 0 Å². The van der Waals surface area contributed by atoms with Crippen LogP contribution in [0.15, 0.2) is 40.3 Å². The molecule has 3 aromatic rings. The number of hydrogen-bond acceptors (Lipinski definition) is 4. The summed E-state index contributed by atoms with van der Waals surface area (Å²) in [6.45, 7) is 1.58. The maximum atomic E-state index is 12.8. The molecule has 0 saturated heterocycles. The van der Waals surface area contributed by atoms with Crippen LogP contribution in [0, 0.1) is 6.92 Å².